The summed E-state index contributed by atoms with van der Waals surface area (Å²) in [6.07, 6.45) is 1.62. The summed E-state index contributed by atoms with van der Waals surface area (Å²) in [5.41, 5.74) is 0.886. The highest BCUT2D eigenvalue weighted by Gasteiger charge is 2.21. The van der Waals surface area contributed by atoms with Gasteiger partial charge >= 0.3 is 6.01 Å². The first kappa shape index (κ1) is 16.1. The van der Waals surface area contributed by atoms with Crippen molar-refractivity contribution in [2.24, 2.45) is 0 Å². The molecule has 0 aliphatic carbocycles. The number of rotatable bonds is 3. The smallest absolute Gasteiger partial charge is 0.318 e. The molecule has 3 rings (SSSR count). The Morgan fingerprint density at radius 2 is 1.74 bits per heavy atom. The van der Waals surface area contributed by atoms with E-state index in [1.54, 1.807) is 19.4 Å². The lowest BCUT2D eigenvalue weighted by Gasteiger charge is -2.36. The fourth-order valence-electron chi connectivity index (χ4n) is 2.57. The lowest BCUT2D eigenvalue weighted by molar-refractivity contribution is 0.378. The average Bonchev–Trinajstić information content (AvgIpc) is 2.54. The molecule has 0 radical (unpaired) electrons. The van der Waals surface area contributed by atoms with Gasteiger partial charge in [0.25, 0.3) is 0 Å². The molecule has 0 spiro atoms. The van der Waals surface area contributed by atoms with Crippen LogP contribution < -0.4 is 14.5 Å². The number of methoxy groups -OCH3 is 1. The van der Waals surface area contributed by atoms with Gasteiger partial charge in [0.1, 0.15) is 11.6 Å². The van der Waals surface area contributed by atoms with Gasteiger partial charge in [-0.1, -0.05) is 23.2 Å². The molecule has 0 aromatic carbocycles. The van der Waals surface area contributed by atoms with E-state index in [1.807, 2.05) is 13.0 Å². The maximum atomic E-state index is 6.24. The van der Waals surface area contributed by atoms with Crippen LogP contribution in [0.25, 0.3) is 0 Å². The van der Waals surface area contributed by atoms with Crippen LogP contribution in [-0.2, 0) is 0 Å². The van der Waals surface area contributed by atoms with E-state index in [0.717, 1.165) is 43.5 Å². The van der Waals surface area contributed by atoms with Crippen molar-refractivity contribution >= 4 is 34.8 Å². The lowest BCUT2D eigenvalue weighted by Crippen LogP contribution is -2.47. The van der Waals surface area contributed by atoms with Crippen molar-refractivity contribution in [2.45, 2.75) is 6.92 Å². The Labute approximate surface area is 145 Å². The summed E-state index contributed by atoms with van der Waals surface area (Å²) < 4.78 is 5.14. The second kappa shape index (κ2) is 6.76. The second-order valence-corrected chi connectivity index (χ2v) is 6.13. The van der Waals surface area contributed by atoms with Gasteiger partial charge in [-0.15, -0.1) is 0 Å². The molecule has 6 nitrogen and oxygen atoms in total. The highest BCUT2D eigenvalue weighted by Crippen LogP contribution is 2.27. The zero-order chi connectivity index (χ0) is 16.4. The van der Waals surface area contributed by atoms with Gasteiger partial charge in [-0.2, -0.15) is 4.98 Å². The molecule has 1 aliphatic heterocycles. The number of piperazine rings is 1. The minimum atomic E-state index is 0.393. The molecule has 3 heterocycles. The molecule has 2 aromatic heterocycles. The zero-order valence-electron chi connectivity index (χ0n) is 13.0. The van der Waals surface area contributed by atoms with Crippen LogP contribution in [0, 0.1) is 6.92 Å². The molecule has 8 heteroatoms. The predicted octanol–water partition coefficient (Wildman–Crippen LogP) is 2.82. The third kappa shape index (κ3) is 3.59. The third-order valence-corrected chi connectivity index (χ3v) is 4.18. The van der Waals surface area contributed by atoms with E-state index in [4.69, 9.17) is 27.9 Å². The molecular formula is C15H17Cl2N5O. The van der Waals surface area contributed by atoms with Crippen LogP contribution in [0.4, 0.5) is 11.6 Å². The van der Waals surface area contributed by atoms with Gasteiger partial charge < -0.3 is 14.5 Å². The Balaban J connectivity index is 1.72. The molecule has 0 saturated carbocycles. The fraction of sp³-hybridized carbons (Fsp3) is 0.400. The van der Waals surface area contributed by atoms with Gasteiger partial charge in [-0.05, 0) is 13.0 Å². The Bertz CT molecular complexity index is 704. The van der Waals surface area contributed by atoms with Crippen molar-refractivity contribution in [1.82, 2.24) is 15.0 Å². The van der Waals surface area contributed by atoms with Crippen molar-refractivity contribution in [3.63, 3.8) is 0 Å². The monoisotopic (exact) mass is 353 g/mol. The molecule has 122 valence electrons. The summed E-state index contributed by atoms with van der Waals surface area (Å²) in [4.78, 5) is 17.3. The van der Waals surface area contributed by atoms with Gasteiger partial charge in [0.05, 0.1) is 17.2 Å². The van der Waals surface area contributed by atoms with Crippen molar-refractivity contribution < 1.29 is 4.74 Å². The van der Waals surface area contributed by atoms with Crippen LogP contribution in [0.2, 0.25) is 10.0 Å². The number of hydrogen-bond donors (Lipinski definition) is 0. The summed E-state index contributed by atoms with van der Waals surface area (Å²) >= 11 is 12.1. The van der Waals surface area contributed by atoms with Gasteiger partial charge in [-0.25, -0.2) is 9.97 Å². The number of aryl methyl sites for hydroxylation is 1. The first-order chi connectivity index (χ1) is 11.1. The van der Waals surface area contributed by atoms with E-state index in [9.17, 15) is 0 Å². The largest absolute Gasteiger partial charge is 0.467 e. The number of ether oxygens (including phenoxy) is 1. The van der Waals surface area contributed by atoms with E-state index in [2.05, 4.69) is 24.8 Å². The van der Waals surface area contributed by atoms with Crippen LogP contribution in [-0.4, -0.2) is 48.2 Å². The predicted molar refractivity (Wildman–Crippen MR) is 92.0 cm³/mol. The maximum Gasteiger partial charge on any atom is 0.318 e. The summed E-state index contributed by atoms with van der Waals surface area (Å²) in [6.45, 7) is 5.18. The first-order valence-electron chi connectivity index (χ1n) is 7.27. The molecule has 0 atom stereocenters. The average molecular weight is 354 g/mol. The van der Waals surface area contributed by atoms with Crippen molar-refractivity contribution in [2.75, 3.05) is 43.1 Å². The number of pyridine rings is 1. The van der Waals surface area contributed by atoms with Gasteiger partial charge in [-0.3, -0.25) is 0 Å². The summed E-state index contributed by atoms with van der Waals surface area (Å²) in [5.74, 6) is 1.65. The molecule has 0 bridgehead atoms. The minimum Gasteiger partial charge on any atom is -0.467 e. The molecule has 23 heavy (non-hydrogen) atoms. The van der Waals surface area contributed by atoms with Crippen molar-refractivity contribution in [3.05, 3.63) is 34.1 Å². The number of aromatic nitrogens is 3. The summed E-state index contributed by atoms with van der Waals surface area (Å²) in [5, 5.41) is 1.12. The number of hydrogen-bond acceptors (Lipinski definition) is 6. The van der Waals surface area contributed by atoms with E-state index in [-0.39, 0.29) is 0 Å². The maximum absolute atomic E-state index is 6.24. The summed E-state index contributed by atoms with van der Waals surface area (Å²) in [7, 11) is 1.57. The molecule has 0 unspecified atom stereocenters. The number of halogens is 2. The Kier molecular flexibility index (Phi) is 4.73. The van der Waals surface area contributed by atoms with Gasteiger partial charge in [0.2, 0.25) is 0 Å². The topological polar surface area (TPSA) is 54.4 Å². The molecule has 1 fully saturated rings. The molecule has 1 saturated heterocycles. The zero-order valence-corrected chi connectivity index (χ0v) is 14.5. The van der Waals surface area contributed by atoms with Gasteiger partial charge in [0, 0.05) is 44.1 Å². The first-order valence-corrected chi connectivity index (χ1v) is 8.03. The SMILES string of the molecule is COc1nc(C)cc(N2CCN(c3ncc(Cl)cc3Cl)CC2)n1. The van der Waals surface area contributed by atoms with Crippen LogP contribution >= 0.6 is 23.2 Å². The highest BCUT2D eigenvalue weighted by molar-refractivity contribution is 6.36. The normalized spacial score (nSPS) is 15.0. The molecule has 1 aliphatic rings. The van der Waals surface area contributed by atoms with E-state index < -0.39 is 0 Å². The second-order valence-electron chi connectivity index (χ2n) is 5.29. The fourth-order valence-corrected chi connectivity index (χ4v) is 3.07. The number of anilines is 2. The third-order valence-electron chi connectivity index (χ3n) is 3.69. The van der Waals surface area contributed by atoms with Crippen LogP contribution in [0.5, 0.6) is 6.01 Å². The molecular weight excluding hydrogens is 337 g/mol. The molecule has 0 amide bonds. The van der Waals surface area contributed by atoms with Crippen molar-refractivity contribution in [3.8, 4) is 6.01 Å². The van der Waals surface area contributed by atoms with Crippen LogP contribution in [0.1, 0.15) is 5.69 Å². The Morgan fingerprint density at radius 3 is 2.39 bits per heavy atom. The van der Waals surface area contributed by atoms with Crippen LogP contribution in [0.15, 0.2) is 18.3 Å². The van der Waals surface area contributed by atoms with Crippen molar-refractivity contribution in [1.29, 1.82) is 0 Å². The molecule has 2 aromatic rings. The van der Waals surface area contributed by atoms with E-state index >= 15 is 0 Å². The quantitative estimate of drug-likeness (QED) is 0.845. The van der Waals surface area contributed by atoms with Crippen LogP contribution in [0.3, 0.4) is 0 Å². The minimum absolute atomic E-state index is 0.393. The lowest BCUT2D eigenvalue weighted by atomic mass is 10.3. The van der Waals surface area contributed by atoms with E-state index in [1.165, 1.54) is 0 Å². The Hall–Kier alpha value is -1.79. The standard InChI is InChI=1S/C15H17Cl2N5O/c1-10-7-13(20-15(19-10)23-2)21-3-5-22(6-4-21)14-12(17)8-11(16)9-18-14/h7-9H,3-6H2,1-2H3. The molecule has 0 N–H and O–H groups in total. The highest BCUT2D eigenvalue weighted by atomic mass is 35.5. The Morgan fingerprint density at radius 1 is 1.04 bits per heavy atom. The van der Waals surface area contributed by atoms with Gasteiger partial charge in [0.15, 0.2) is 0 Å². The summed E-state index contributed by atoms with van der Waals surface area (Å²) in [6, 6.07) is 4.08. The number of nitrogens with zero attached hydrogens (tertiary/aromatic N) is 5. The van der Waals surface area contributed by atoms with E-state index in [0.29, 0.717) is 16.1 Å².